The molecule has 0 saturated heterocycles. The van der Waals surface area contributed by atoms with Gasteiger partial charge in [-0.1, -0.05) is 20.8 Å². The molecule has 1 aromatic rings. The van der Waals surface area contributed by atoms with E-state index >= 15 is 0 Å². The van der Waals surface area contributed by atoms with Gasteiger partial charge in [0.25, 0.3) is 0 Å². The molecule has 90 valence electrons. The van der Waals surface area contributed by atoms with Gasteiger partial charge in [-0.25, -0.2) is 4.79 Å². The first-order valence-electron chi connectivity index (χ1n) is 5.25. The molecule has 0 N–H and O–H groups in total. The van der Waals surface area contributed by atoms with Crippen molar-refractivity contribution in [2.75, 3.05) is 7.11 Å². The van der Waals surface area contributed by atoms with Crippen molar-refractivity contribution in [3.63, 3.8) is 0 Å². The molecule has 3 nitrogen and oxygen atoms in total. The van der Waals surface area contributed by atoms with E-state index in [2.05, 4.69) is 0 Å². The second-order valence-electron chi connectivity index (χ2n) is 4.65. The lowest BCUT2D eigenvalue weighted by molar-refractivity contribution is -0.128. The Morgan fingerprint density at radius 3 is 2.47 bits per heavy atom. The molecule has 0 aliphatic heterocycles. The molecule has 0 aromatic heterocycles. The quantitative estimate of drug-likeness (QED) is 0.340. The molecule has 0 saturated carbocycles. The Bertz CT molecular complexity index is 461. The maximum absolute atomic E-state index is 11.1. The van der Waals surface area contributed by atoms with Crippen molar-refractivity contribution in [2.24, 2.45) is 0 Å². The van der Waals surface area contributed by atoms with Gasteiger partial charge < -0.3 is 9.47 Å². The molecule has 17 heavy (non-hydrogen) atoms. The van der Waals surface area contributed by atoms with Crippen LogP contribution in [0.25, 0.3) is 0 Å². The van der Waals surface area contributed by atoms with Crippen LogP contribution in [0.3, 0.4) is 0 Å². The maximum Gasteiger partial charge on any atom is 0.389 e. The highest BCUT2D eigenvalue weighted by atomic mass is 16.5. The van der Waals surface area contributed by atoms with Gasteiger partial charge in [0.05, 0.1) is 7.11 Å². The van der Waals surface area contributed by atoms with Crippen molar-refractivity contribution in [1.82, 2.24) is 0 Å². The lowest BCUT2D eigenvalue weighted by Crippen LogP contribution is -2.15. The van der Waals surface area contributed by atoms with Crippen LogP contribution < -0.4 is 9.47 Å². The Labute approximate surface area is 102 Å². The predicted octanol–water partition coefficient (Wildman–Crippen LogP) is 2.53. The van der Waals surface area contributed by atoms with Crippen molar-refractivity contribution < 1.29 is 14.3 Å². The highest BCUT2D eigenvalue weighted by Crippen LogP contribution is 2.34. The van der Waals surface area contributed by atoms with Crippen LogP contribution in [0.5, 0.6) is 11.5 Å². The topological polar surface area (TPSA) is 35.5 Å². The highest BCUT2D eigenvalue weighted by Gasteiger charge is 2.21. The second kappa shape index (κ2) is 4.92. The molecular formula is C14H16O3. The number of ether oxygens (including phenoxy) is 2. The van der Waals surface area contributed by atoms with Crippen LogP contribution in [-0.2, 0) is 10.2 Å². The number of methoxy groups -OCH3 is 1. The van der Waals surface area contributed by atoms with Crippen LogP contribution in [0.1, 0.15) is 26.3 Å². The van der Waals surface area contributed by atoms with Crippen LogP contribution in [0.2, 0.25) is 0 Å². The molecule has 0 amide bonds. The third kappa shape index (κ3) is 3.25. The Kier molecular flexibility index (Phi) is 3.80. The van der Waals surface area contributed by atoms with E-state index in [4.69, 9.17) is 15.9 Å². The Hall–Kier alpha value is -1.95. The summed E-state index contributed by atoms with van der Waals surface area (Å²) in [5.74, 6) is 2.43. The summed E-state index contributed by atoms with van der Waals surface area (Å²) in [4.78, 5) is 11.1. The summed E-state index contributed by atoms with van der Waals surface area (Å²) in [7, 11) is 1.59. The molecule has 0 unspecified atom stereocenters. The zero-order valence-corrected chi connectivity index (χ0v) is 10.5. The van der Waals surface area contributed by atoms with Gasteiger partial charge in [-0.05, 0) is 23.6 Å². The zero-order valence-electron chi connectivity index (χ0n) is 10.5. The van der Waals surface area contributed by atoms with E-state index in [9.17, 15) is 4.79 Å². The SMILES string of the molecule is C#CC(=O)Oc1ccc(OC)cc1C(C)(C)C. The van der Waals surface area contributed by atoms with Gasteiger partial charge >= 0.3 is 5.97 Å². The third-order valence-electron chi connectivity index (χ3n) is 2.32. The first-order valence-corrected chi connectivity index (χ1v) is 5.25. The summed E-state index contributed by atoms with van der Waals surface area (Å²) in [6.45, 7) is 6.07. The number of terminal acetylenes is 1. The van der Waals surface area contributed by atoms with E-state index in [1.165, 1.54) is 0 Å². The van der Waals surface area contributed by atoms with Crippen LogP contribution in [-0.4, -0.2) is 13.1 Å². The molecule has 0 bridgehead atoms. The molecular weight excluding hydrogens is 216 g/mol. The standard InChI is InChI=1S/C14H16O3/c1-6-13(15)17-12-8-7-10(16-5)9-11(12)14(2,3)4/h1,7-9H,2-5H3. The Morgan fingerprint density at radius 1 is 1.35 bits per heavy atom. The second-order valence-corrected chi connectivity index (χ2v) is 4.65. The Morgan fingerprint density at radius 2 is 2.00 bits per heavy atom. The monoisotopic (exact) mass is 232 g/mol. The molecule has 1 rings (SSSR count). The summed E-state index contributed by atoms with van der Waals surface area (Å²) in [6.07, 6.45) is 4.99. The minimum Gasteiger partial charge on any atom is -0.497 e. The molecule has 0 aliphatic carbocycles. The fourth-order valence-corrected chi connectivity index (χ4v) is 1.44. The van der Waals surface area contributed by atoms with Gasteiger partial charge in [0.15, 0.2) is 0 Å². The van der Waals surface area contributed by atoms with E-state index in [1.807, 2.05) is 32.8 Å². The van der Waals surface area contributed by atoms with Gasteiger partial charge in [-0.3, -0.25) is 0 Å². The first kappa shape index (κ1) is 13.1. The fraction of sp³-hybridized carbons (Fsp3) is 0.357. The number of hydrogen-bond donors (Lipinski definition) is 0. The molecule has 0 atom stereocenters. The molecule has 0 radical (unpaired) electrons. The molecule has 0 aliphatic rings. The van der Waals surface area contributed by atoms with E-state index in [0.717, 1.165) is 11.3 Å². The number of rotatable bonds is 2. The van der Waals surface area contributed by atoms with Crippen LogP contribution in [0.15, 0.2) is 18.2 Å². The van der Waals surface area contributed by atoms with Gasteiger partial charge in [-0.15, -0.1) is 6.42 Å². The van der Waals surface area contributed by atoms with Crippen molar-refractivity contribution >= 4 is 5.97 Å². The van der Waals surface area contributed by atoms with Crippen LogP contribution >= 0.6 is 0 Å². The smallest absolute Gasteiger partial charge is 0.389 e. The third-order valence-corrected chi connectivity index (χ3v) is 2.32. The molecule has 0 spiro atoms. The number of benzene rings is 1. The van der Waals surface area contributed by atoms with Crippen LogP contribution in [0.4, 0.5) is 0 Å². The van der Waals surface area contributed by atoms with Gasteiger partial charge in [-0.2, -0.15) is 0 Å². The fourth-order valence-electron chi connectivity index (χ4n) is 1.44. The zero-order chi connectivity index (χ0) is 13.1. The van der Waals surface area contributed by atoms with Crippen LogP contribution in [0, 0.1) is 12.3 Å². The Balaban J connectivity index is 3.21. The summed E-state index contributed by atoms with van der Waals surface area (Å²) in [5, 5.41) is 0. The van der Waals surface area contributed by atoms with Crippen molar-refractivity contribution in [3.8, 4) is 23.8 Å². The number of esters is 1. The minimum atomic E-state index is -0.694. The van der Waals surface area contributed by atoms with Gasteiger partial charge in [0, 0.05) is 11.5 Å². The normalized spacial score (nSPS) is 10.5. The summed E-state index contributed by atoms with van der Waals surface area (Å²) >= 11 is 0. The molecule has 3 heteroatoms. The molecule has 0 heterocycles. The first-order chi connectivity index (χ1) is 7.88. The molecule has 0 fully saturated rings. The maximum atomic E-state index is 11.1. The summed E-state index contributed by atoms with van der Waals surface area (Å²) in [5.41, 5.74) is 0.708. The lowest BCUT2D eigenvalue weighted by atomic mass is 9.86. The molecule has 1 aromatic carbocycles. The largest absolute Gasteiger partial charge is 0.497 e. The van der Waals surface area contributed by atoms with E-state index in [0.29, 0.717) is 5.75 Å². The predicted molar refractivity (Wildman–Crippen MR) is 66.2 cm³/mol. The van der Waals surface area contributed by atoms with Crippen molar-refractivity contribution in [1.29, 1.82) is 0 Å². The van der Waals surface area contributed by atoms with E-state index in [1.54, 1.807) is 19.2 Å². The minimum absolute atomic E-state index is 0.168. The van der Waals surface area contributed by atoms with Crippen molar-refractivity contribution in [2.45, 2.75) is 26.2 Å². The van der Waals surface area contributed by atoms with Crippen molar-refractivity contribution in [3.05, 3.63) is 23.8 Å². The van der Waals surface area contributed by atoms with Gasteiger partial charge in [0.1, 0.15) is 11.5 Å². The summed E-state index contributed by atoms with van der Waals surface area (Å²) < 4.78 is 10.2. The highest BCUT2D eigenvalue weighted by molar-refractivity contribution is 5.89. The number of carbonyl (C=O) groups is 1. The summed E-state index contributed by atoms with van der Waals surface area (Å²) in [6, 6.07) is 5.27. The van der Waals surface area contributed by atoms with Gasteiger partial charge in [0.2, 0.25) is 0 Å². The van der Waals surface area contributed by atoms with E-state index in [-0.39, 0.29) is 5.41 Å². The van der Waals surface area contributed by atoms with E-state index < -0.39 is 5.97 Å². The number of carbonyl (C=O) groups excluding carboxylic acids is 1. The number of hydrogen-bond acceptors (Lipinski definition) is 3. The lowest BCUT2D eigenvalue weighted by Gasteiger charge is -2.22. The average Bonchev–Trinajstić information content (AvgIpc) is 2.28. The average molecular weight is 232 g/mol.